The molecule has 0 radical (unpaired) electrons. The first-order valence-electron chi connectivity index (χ1n) is 4.32. The predicted molar refractivity (Wildman–Crippen MR) is 47.7 cm³/mol. The van der Waals surface area contributed by atoms with E-state index in [4.69, 9.17) is 0 Å². The molecule has 1 amide bonds. The van der Waals surface area contributed by atoms with E-state index in [1.54, 1.807) is 13.8 Å². The summed E-state index contributed by atoms with van der Waals surface area (Å²) >= 11 is 0. The van der Waals surface area contributed by atoms with E-state index in [9.17, 15) is 9.59 Å². The molecule has 0 spiro atoms. The van der Waals surface area contributed by atoms with E-state index in [0.29, 0.717) is 6.42 Å². The first-order valence-corrected chi connectivity index (χ1v) is 4.32. The van der Waals surface area contributed by atoms with Gasteiger partial charge in [-0.3, -0.25) is 9.59 Å². The van der Waals surface area contributed by atoms with Gasteiger partial charge in [0.05, 0.1) is 6.04 Å². The first kappa shape index (κ1) is 11.1. The molecule has 0 rings (SSSR count). The zero-order valence-electron chi connectivity index (χ0n) is 8.18. The van der Waals surface area contributed by atoms with Crippen molar-refractivity contribution in [2.24, 2.45) is 5.92 Å². The van der Waals surface area contributed by atoms with Crippen LogP contribution in [0, 0.1) is 5.92 Å². The third-order valence-electron chi connectivity index (χ3n) is 1.69. The van der Waals surface area contributed by atoms with Crippen LogP contribution in [-0.4, -0.2) is 17.7 Å². The van der Waals surface area contributed by atoms with Gasteiger partial charge in [-0.2, -0.15) is 0 Å². The second-order valence-corrected chi connectivity index (χ2v) is 3.20. The van der Waals surface area contributed by atoms with Gasteiger partial charge >= 0.3 is 0 Å². The molecule has 0 aliphatic heterocycles. The molecule has 0 aromatic rings. The number of hydrogen-bond acceptors (Lipinski definition) is 2. The summed E-state index contributed by atoms with van der Waals surface area (Å²) in [5.74, 6) is -0.00884. The summed E-state index contributed by atoms with van der Waals surface area (Å²) in [6.07, 6.45) is 0.426. The molecule has 0 saturated heterocycles. The van der Waals surface area contributed by atoms with Crippen LogP contribution < -0.4 is 5.32 Å². The maximum atomic E-state index is 11.3. The Morgan fingerprint density at radius 2 is 1.75 bits per heavy atom. The van der Waals surface area contributed by atoms with E-state index in [2.05, 4.69) is 5.32 Å². The van der Waals surface area contributed by atoms with Gasteiger partial charge in [0.15, 0.2) is 5.78 Å². The Morgan fingerprint density at radius 3 is 2.08 bits per heavy atom. The van der Waals surface area contributed by atoms with Crippen molar-refractivity contribution in [1.29, 1.82) is 0 Å². The van der Waals surface area contributed by atoms with Crippen molar-refractivity contribution in [3.05, 3.63) is 0 Å². The molecule has 1 unspecified atom stereocenters. The van der Waals surface area contributed by atoms with Crippen LogP contribution in [0.5, 0.6) is 0 Å². The van der Waals surface area contributed by atoms with Crippen molar-refractivity contribution in [1.82, 2.24) is 5.32 Å². The van der Waals surface area contributed by atoms with Gasteiger partial charge in [-0.25, -0.2) is 0 Å². The van der Waals surface area contributed by atoms with Crippen LogP contribution in [0.1, 0.15) is 34.1 Å². The van der Waals surface area contributed by atoms with Crippen LogP contribution in [0.4, 0.5) is 0 Å². The third kappa shape index (κ3) is 3.51. The fourth-order valence-corrected chi connectivity index (χ4v) is 0.915. The highest BCUT2D eigenvalue weighted by Gasteiger charge is 2.17. The summed E-state index contributed by atoms with van der Waals surface area (Å²) in [6.45, 7) is 7.14. The summed E-state index contributed by atoms with van der Waals surface area (Å²) in [7, 11) is 0. The van der Waals surface area contributed by atoms with Gasteiger partial charge in [0.25, 0.3) is 0 Å². The molecule has 1 atom stereocenters. The summed E-state index contributed by atoms with van der Waals surface area (Å²) in [5.41, 5.74) is 0. The Balaban J connectivity index is 3.95. The molecule has 0 aliphatic carbocycles. The summed E-state index contributed by atoms with van der Waals surface area (Å²) in [6, 6.07) is -0.350. The SMILES string of the molecule is CCC(=O)NC(C)C(=O)C(C)C. The Morgan fingerprint density at radius 1 is 1.25 bits per heavy atom. The normalized spacial score (nSPS) is 12.8. The van der Waals surface area contributed by atoms with Crippen LogP contribution in [0.2, 0.25) is 0 Å². The molecule has 12 heavy (non-hydrogen) atoms. The van der Waals surface area contributed by atoms with Gasteiger partial charge in [0.1, 0.15) is 0 Å². The topological polar surface area (TPSA) is 46.2 Å². The van der Waals surface area contributed by atoms with E-state index in [1.807, 2.05) is 13.8 Å². The fourth-order valence-electron chi connectivity index (χ4n) is 0.915. The van der Waals surface area contributed by atoms with Crippen molar-refractivity contribution in [3.8, 4) is 0 Å². The average molecular weight is 171 g/mol. The molecule has 70 valence electrons. The number of hydrogen-bond donors (Lipinski definition) is 1. The van der Waals surface area contributed by atoms with Crippen LogP contribution in [0.15, 0.2) is 0 Å². The highest BCUT2D eigenvalue weighted by atomic mass is 16.2. The van der Waals surface area contributed by atoms with Crippen molar-refractivity contribution in [3.63, 3.8) is 0 Å². The molecule has 0 heterocycles. The number of nitrogens with one attached hydrogen (secondary N) is 1. The molecule has 3 heteroatoms. The highest BCUT2D eigenvalue weighted by molar-refractivity contribution is 5.89. The second-order valence-electron chi connectivity index (χ2n) is 3.20. The Hall–Kier alpha value is -0.860. The third-order valence-corrected chi connectivity index (χ3v) is 1.69. The van der Waals surface area contributed by atoms with Crippen molar-refractivity contribution >= 4 is 11.7 Å². The number of amides is 1. The quantitative estimate of drug-likeness (QED) is 0.689. The van der Waals surface area contributed by atoms with Gasteiger partial charge in [-0.15, -0.1) is 0 Å². The zero-order valence-corrected chi connectivity index (χ0v) is 8.18. The molecule has 0 aromatic carbocycles. The Labute approximate surface area is 73.5 Å². The van der Waals surface area contributed by atoms with Crippen LogP contribution >= 0.6 is 0 Å². The van der Waals surface area contributed by atoms with Crippen LogP contribution in [-0.2, 0) is 9.59 Å². The molecule has 1 N–H and O–H groups in total. The number of carbonyl (C=O) groups excluding carboxylic acids is 2. The summed E-state index contributed by atoms with van der Waals surface area (Å²) in [5, 5.41) is 2.62. The van der Waals surface area contributed by atoms with Gasteiger partial charge in [-0.1, -0.05) is 20.8 Å². The highest BCUT2D eigenvalue weighted by Crippen LogP contribution is 1.99. The minimum Gasteiger partial charge on any atom is -0.347 e. The summed E-state index contributed by atoms with van der Waals surface area (Å²) in [4.78, 5) is 22.2. The molecule has 0 aliphatic rings. The van der Waals surface area contributed by atoms with Gasteiger partial charge in [0.2, 0.25) is 5.91 Å². The molecular formula is C9H17NO2. The van der Waals surface area contributed by atoms with E-state index in [-0.39, 0.29) is 23.7 Å². The Kier molecular flexibility index (Phi) is 4.55. The maximum absolute atomic E-state index is 11.3. The van der Waals surface area contributed by atoms with Gasteiger partial charge < -0.3 is 5.32 Å². The lowest BCUT2D eigenvalue weighted by Crippen LogP contribution is -2.40. The fraction of sp³-hybridized carbons (Fsp3) is 0.778. The Bertz CT molecular complexity index is 175. The lowest BCUT2D eigenvalue weighted by atomic mass is 10.0. The van der Waals surface area contributed by atoms with Crippen LogP contribution in [0.3, 0.4) is 0 Å². The van der Waals surface area contributed by atoms with E-state index < -0.39 is 0 Å². The van der Waals surface area contributed by atoms with Crippen molar-refractivity contribution in [2.45, 2.75) is 40.2 Å². The van der Waals surface area contributed by atoms with Gasteiger partial charge in [-0.05, 0) is 6.92 Å². The molecule has 0 saturated carbocycles. The monoisotopic (exact) mass is 171 g/mol. The van der Waals surface area contributed by atoms with E-state index in [0.717, 1.165) is 0 Å². The lowest BCUT2D eigenvalue weighted by molar-refractivity contribution is -0.128. The minimum atomic E-state index is -0.350. The molecule has 0 aromatic heterocycles. The standard InChI is InChI=1S/C9H17NO2/c1-5-8(11)10-7(4)9(12)6(2)3/h6-7H,5H2,1-4H3,(H,10,11). The maximum Gasteiger partial charge on any atom is 0.220 e. The number of ketones is 1. The number of rotatable bonds is 4. The minimum absolute atomic E-state index is 0.0165. The molecule has 0 fully saturated rings. The van der Waals surface area contributed by atoms with E-state index >= 15 is 0 Å². The average Bonchev–Trinajstić information content (AvgIpc) is 2.02. The largest absolute Gasteiger partial charge is 0.347 e. The van der Waals surface area contributed by atoms with Crippen molar-refractivity contribution < 1.29 is 9.59 Å². The molecule has 0 bridgehead atoms. The lowest BCUT2D eigenvalue weighted by Gasteiger charge is -2.13. The smallest absolute Gasteiger partial charge is 0.220 e. The van der Waals surface area contributed by atoms with Crippen LogP contribution in [0.25, 0.3) is 0 Å². The zero-order chi connectivity index (χ0) is 9.72. The first-order chi connectivity index (χ1) is 5.49. The van der Waals surface area contributed by atoms with E-state index in [1.165, 1.54) is 0 Å². The number of Topliss-reactive ketones (excluding diaryl/α,β-unsaturated/α-hetero) is 1. The number of carbonyl (C=O) groups is 2. The predicted octanol–water partition coefficient (Wildman–Crippen LogP) is 1.13. The second kappa shape index (κ2) is 4.91. The molecule has 3 nitrogen and oxygen atoms in total. The summed E-state index contributed by atoms with van der Waals surface area (Å²) < 4.78 is 0. The van der Waals surface area contributed by atoms with Gasteiger partial charge in [0, 0.05) is 12.3 Å². The van der Waals surface area contributed by atoms with Crippen molar-refractivity contribution in [2.75, 3.05) is 0 Å². The molecular weight excluding hydrogens is 154 g/mol.